The molecule has 1 aliphatic heterocycles. The molecule has 8 nitrogen and oxygen atoms in total. The number of benzene rings is 2. The number of ether oxygens (including phenoxy) is 1. The molecule has 2 aromatic carbocycles. The Bertz CT molecular complexity index is 1290. The predicted molar refractivity (Wildman–Crippen MR) is 132 cm³/mol. The van der Waals surface area contributed by atoms with Gasteiger partial charge in [0.15, 0.2) is 16.7 Å². The molecular formula is C24H20ClN3O5S. The van der Waals surface area contributed by atoms with Gasteiger partial charge in [-0.05, 0) is 72.8 Å². The van der Waals surface area contributed by atoms with E-state index in [0.29, 0.717) is 44.3 Å². The molecule has 0 radical (unpaired) electrons. The van der Waals surface area contributed by atoms with Gasteiger partial charge in [-0.1, -0.05) is 17.7 Å². The lowest BCUT2D eigenvalue weighted by Crippen LogP contribution is -2.28. The zero-order valence-corrected chi connectivity index (χ0v) is 19.6. The first-order valence-electron chi connectivity index (χ1n) is 10.2. The van der Waals surface area contributed by atoms with Crippen LogP contribution >= 0.6 is 23.4 Å². The van der Waals surface area contributed by atoms with Crippen molar-refractivity contribution in [3.8, 4) is 17.2 Å². The van der Waals surface area contributed by atoms with Gasteiger partial charge >= 0.3 is 0 Å². The van der Waals surface area contributed by atoms with E-state index in [9.17, 15) is 15.0 Å². The second-order valence-corrected chi connectivity index (χ2v) is 8.52. The topological polar surface area (TPSA) is 108 Å². The van der Waals surface area contributed by atoms with E-state index in [-0.39, 0.29) is 24.0 Å². The quantitative estimate of drug-likeness (QED) is 0.262. The smallest absolute Gasteiger partial charge is 0.267 e. The van der Waals surface area contributed by atoms with Crippen LogP contribution in [0.15, 0.2) is 74.3 Å². The summed E-state index contributed by atoms with van der Waals surface area (Å²) in [7, 11) is 0. The van der Waals surface area contributed by atoms with E-state index in [1.54, 1.807) is 42.5 Å². The molecule has 0 aliphatic carbocycles. The highest BCUT2D eigenvalue weighted by Gasteiger charge is 2.34. The Balaban J connectivity index is 1.64. The normalized spacial score (nSPS) is 16.3. The molecule has 2 heterocycles. The Morgan fingerprint density at radius 3 is 2.76 bits per heavy atom. The van der Waals surface area contributed by atoms with Crippen LogP contribution in [0.5, 0.6) is 17.2 Å². The minimum absolute atomic E-state index is 0.00830. The molecule has 4 rings (SSSR count). The Morgan fingerprint density at radius 2 is 2.00 bits per heavy atom. The summed E-state index contributed by atoms with van der Waals surface area (Å²) in [5.41, 5.74) is 1.08. The lowest BCUT2D eigenvalue weighted by Gasteiger charge is -2.12. The van der Waals surface area contributed by atoms with Crippen LogP contribution in [0.3, 0.4) is 0 Å². The molecule has 2 N–H and O–H groups in total. The van der Waals surface area contributed by atoms with Crippen molar-refractivity contribution < 1.29 is 24.2 Å². The number of phenols is 2. The summed E-state index contributed by atoms with van der Waals surface area (Å²) in [4.78, 5) is 15.0. The molecule has 1 fully saturated rings. The third-order valence-electron chi connectivity index (χ3n) is 4.69. The summed E-state index contributed by atoms with van der Waals surface area (Å²) in [6, 6.07) is 12.9. The number of furan rings is 1. The van der Waals surface area contributed by atoms with Gasteiger partial charge in [-0.3, -0.25) is 9.69 Å². The van der Waals surface area contributed by atoms with Gasteiger partial charge in [0.1, 0.15) is 11.5 Å². The molecule has 0 spiro atoms. The summed E-state index contributed by atoms with van der Waals surface area (Å²) in [6.45, 7) is 2.39. The average Bonchev–Trinajstić information content (AvgIpc) is 3.43. The maximum absolute atomic E-state index is 13.2. The number of amides is 1. The molecular weight excluding hydrogens is 478 g/mol. The first kappa shape index (κ1) is 23.5. The van der Waals surface area contributed by atoms with E-state index in [4.69, 9.17) is 20.8 Å². The van der Waals surface area contributed by atoms with Crippen molar-refractivity contribution in [2.45, 2.75) is 13.5 Å². The summed E-state index contributed by atoms with van der Waals surface area (Å²) in [5.74, 6) is 0.679. The number of nitrogens with zero attached hydrogens (tertiary/aromatic N) is 3. The Hall–Kier alpha value is -3.69. The lowest BCUT2D eigenvalue weighted by atomic mass is 10.2. The Labute approximate surface area is 204 Å². The Morgan fingerprint density at radius 1 is 1.18 bits per heavy atom. The summed E-state index contributed by atoms with van der Waals surface area (Å²) < 4.78 is 10.8. The van der Waals surface area contributed by atoms with Gasteiger partial charge < -0.3 is 19.4 Å². The summed E-state index contributed by atoms with van der Waals surface area (Å²) in [6.07, 6.45) is 4.59. The fraction of sp³-hybridized carbons (Fsp3) is 0.125. The van der Waals surface area contributed by atoms with Gasteiger partial charge in [-0.15, -0.1) is 5.10 Å². The van der Waals surface area contributed by atoms with E-state index in [1.165, 1.54) is 29.5 Å². The van der Waals surface area contributed by atoms with Crippen LogP contribution < -0.4 is 4.74 Å². The third-order valence-corrected chi connectivity index (χ3v) is 5.93. The summed E-state index contributed by atoms with van der Waals surface area (Å²) >= 11 is 7.12. The monoisotopic (exact) mass is 497 g/mol. The number of amidine groups is 1. The number of halogens is 1. The summed E-state index contributed by atoms with van der Waals surface area (Å²) in [5, 5.41) is 28.9. The number of aromatic hydroxyl groups is 2. The number of rotatable bonds is 7. The van der Waals surface area contributed by atoms with Gasteiger partial charge in [0.25, 0.3) is 5.91 Å². The van der Waals surface area contributed by atoms with Crippen molar-refractivity contribution in [1.82, 2.24) is 4.90 Å². The van der Waals surface area contributed by atoms with Crippen molar-refractivity contribution >= 4 is 46.7 Å². The molecule has 34 heavy (non-hydrogen) atoms. The number of hydrogen-bond acceptors (Lipinski definition) is 8. The molecule has 0 bridgehead atoms. The first-order chi connectivity index (χ1) is 16.4. The largest absolute Gasteiger partial charge is 0.507 e. The van der Waals surface area contributed by atoms with Gasteiger partial charge in [-0.25, -0.2) is 0 Å². The molecule has 0 saturated carbocycles. The molecule has 0 atom stereocenters. The molecule has 10 heteroatoms. The second kappa shape index (κ2) is 10.5. The van der Waals surface area contributed by atoms with E-state index in [2.05, 4.69) is 10.2 Å². The van der Waals surface area contributed by atoms with Crippen molar-refractivity contribution in [2.75, 3.05) is 6.61 Å². The highest BCUT2D eigenvalue weighted by atomic mass is 35.5. The minimum atomic E-state index is -0.271. The molecule has 3 aromatic rings. The molecule has 1 saturated heterocycles. The highest BCUT2D eigenvalue weighted by molar-refractivity contribution is 8.18. The SMILES string of the molecule is CCOc1cc(/C=C2\S/C(=N\N=C\c3cc(Cl)ccc3O)N(Cc3ccco3)C2=O)ccc1O. The zero-order chi connectivity index (χ0) is 24.1. The fourth-order valence-corrected chi connectivity index (χ4v) is 4.21. The van der Waals surface area contributed by atoms with E-state index < -0.39 is 0 Å². The van der Waals surface area contributed by atoms with E-state index in [1.807, 2.05) is 6.92 Å². The van der Waals surface area contributed by atoms with Crippen LogP contribution in [0.4, 0.5) is 0 Å². The standard InChI is InChI=1S/C24H20ClN3O5S/c1-2-32-21-10-15(5-7-20(21)30)11-22-23(31)28(14-18-4-3-9-33-18)24(34-22)27-26-13-16-12-17(25)6-8-19(16)29/h3-13,29-30H,2,14H2,1H3/b22-11-,26-13+,27-24-. The van der Waals surface area contributed by atoms with Gasteiger partial charge in [-0.2, -0.15) is 5.10 Å². The molecule has 0 unspecified atom stereocenters. The molecule has 1 aromatic heterocycles. The van der Waals surface area contributed by atoms with Crippen molar-refractivity contribution in [1.29, 1.82) is 0 Å². The first-order valence-corrected chi connectivity index (χ1v) is 11.4. The van der Waals surface area contributed by atoms with Crippen molar-refractivity contribution in [2.24, 2.45) is 10.2 Å². The second-order valence-electron chi connectivity index (χ2n) is 7.07. The highest BCUT2D eigenvalue weighted by Crippen LogP contribution is 2.35. The van der Waals surface area contributed by atoms with Crippen molar-refractivity contribution in [3.63, 3.8) is 0 Å². The van der Waals surface area contributed by atoms with Crippen LogP contribution in [-0.2, 0) is 11.3 Å². The number of phenolic OH excluding ortho intramolecular Hbond substituents is 2. The van der Waals surface area contributed by atoms with E-state index >= 15 is 0 Å². The van der Waals surface area contributed by atoms with Gasteiger partial charge in [0, 0.05) is 10.6 Å². The fourth-order valence-electron chi connectivity index (χ4n) is 3.09. The Kier molecular flexibility index (Phi) is 7.24. The van der Waals surface area contributed by atoms with Crippen molar-refractivity contribution in [3.05, 3.63) is 81.6 Å². The molecule has 1 aliphatic rings. The van der Waals surface area contributed by atoms with Crippen LogP contribution in [0.2, 0.25) is 5.02 Å². The van der Waals surface area contributed by atoms with Gasteiger partial charge in [0.05, 0.1) is 30.5 Å². The number of carbonyl (C=O) groups is 1. The van der Waals surface area contributed by atoms with Crippen LogP contribution in [0.1, 0.15) is 23.8 Å². The number of carbonyl (C=O) groups excluding carboxylic acids is 1. The zero-order valence-electron chi connectivity index (χ0n) is 18.0. The third kappa shape index (κ3) is 5.44. The number of hydrogen-bond donors (Lipinski definition) is 2. The van der Waals surface area contributed by atoms with Crippen LogP contribution in [-0.4, -0.2) is 39.0 Å². The average molecular weight is 498 g/mol. The van der Waals surface area contributed by atoms with E-state index in [0.717, 1.165) is 11.8 Å². The minimum Gasteiger partial charge on any atom is -0.507 e. The van der Waals surface area contributed by atoms with Gasteiger partial charge in [0.2, 0.25) is 0 Å². The number of thioether (sulfide) groups is 1. The lowest BCUT2D eigenvalue weighted by molar-refractivity contribution is -0.122. The predicted octanol–water partition coefficient (Wildman–Crippen LogP) is 5.25. The molecule has 1 amide bonds. The maximum Gasteiger partial charge on any atom is 0.267 e. The van der Waals surface area contributed by atoms with Crippen LogP contribution in [0.25, 0.3) is 6.08 Å². The maximum atomic E-state index is 13.2. The van der Waals surface area contributed by atoms with Crippen LogP contribution in [0, 0.1) is 0 Å². The molecule has 174 valence electrons.